The van der Waals surface area contributed by atoms with Crippen molar-refractivity contribution in [1.29, 1.82) is 0 Å². The molecule has 0 amide bonds. The van der Waals surface area contributed by atoms with Crippen LogP contribution in [-0.2, 0) is 40.5 Å². The summed E-state index contributed by atoms with van der Waals surface area (Å²) < 4.78 is 64.3. The molecule has 18 heteroatoms. The third kappa shape index (κ3) is 8.18. The fourth-order valence-electron chi connectivity index (χ4n) is 1.66. The molecule has 0 saturated carbocycles. The Morgan fingerprint density at radius 3 is 2.12 bits per heavy atom. The van der Waals surface area contributed by atoms with Crippen molar-refractivity contribution in [2.45, 2.75) is 31.7 Å². The van der Waals surface area contributed by atoms with Gasteiger partial charge in [-0.2, -0.15) is 8.62 Å². The highest BCUT2D eigenvalue weighted by Crippen LogP contribution is 2.69. The van der Waals surface area contributed by atoms with Crippen LogP contribution < -0.4 is 0 Å². The summed E-state index contributed by atoms with van der Waals surface area (Å²) in [7, 11) is -20.2. The van der Waals surface area contributed by atoms with Crippen molar-refractivity contribution in [2.75, 3.05) is 6.61 Å². The van der Waals surface area contributed by atoms with Gasteiger partial charge in [-0.3, -0.25) is 9.42 Å². The van der Waals surface area contributed by atoms with Gasteiger partial charge in [-0.05, 0) is 11.2 Å². The van der Waals surface area contributed by atoms with Crippen LogP contribution in [0.2, 0.25) is 0 Å². The zero-order valence-corrected chi connectivity index (χ0v) is 15.4. The molecule has 1 rings (SSSR count). The molecule has 1 fully saturated rings. The maximum atomic E-state index is 11.5. The van der Waals surface area contributed by atoms with E-state index in [0.29, 0.717) is 0 Å². The van der Waals surface area contributed by atoms with Gasteiger partial charge >= 0.3 is 31.7 Å². The molecule has 0 bridgehead atoms. The highest BCUT2D eigenvalue weighted by molar-refractivity contribution is 7.68. The molecule has 142 valence electrons. The topological polar surface area (TPSA) is 216 Å². The van der Waals surface area contributed by atoms with Gasteiger partial charge in [0.05, 0.1) is 18.8 Å². The zero-order valence-electron chi connectivity index (χ0n) is 11.8. The summed E-state index contributed by atoms with van der Waals surface area (Å²) in [6.07, 6.45) is -2.13. The van der Waals surface area contributed by atoms with Crippen molar-refractivity contribution < 1.29 is 65.1 Å². The van der Waals surface area contributed by atoms with Crippen LogP contribution in [0.3, 0.4) is 0 Å². The lowest BCUT2D eigenvalue weighted by atomic mass is 10.1. The highest BCUT2D eigenvalue weighted by atomic mass is 31.3. The van der Waals surface area contributed by atoms with Gasteiger partial charge in [-0.15, -0.1) is 4.89 Å². The monoisotopic (exact) mass is 435 g/mol. The van der Waals surface area contributed by atoms with Crippen LogP contribution in [0.4, 0.5) is 0 Å². The average Bonchev–Trinajstić information content (AvgIpc) is 2.60. The van der Waals surface area contributed by atoms with E-state index in [1.807, 2.05) is 0 Å². The summed E-state index contributed by atoms with van der Waals surface area (Å²) in [5.41, 5.74) is 0. The molecule has 5 N–H and O–H groups in total. The molecule has 24 heavy (non-hydrogen) atoms. The summed E-state index contributed by atoms with van der Waals surface area (Å²) in [5.74, 6) is 0. The van der Waals surface area contributed by atoms with Gasteiger partial charge in [0, 0.05) is 11.0 Å². The van der Waals surface area contributed by atoms with E-state index in [-0.39, 0.29) is 12.5 Å². The first kappa shape index (κ1) is 22.4. The Balaban J connectivity index is 2.61. The second-order valence-corrected chi connectivity index (χ2v) is 9.98. The Morgan fingerprint density at radius 2 is 1.67 bits per heavy atom. The summed E-state index contributed by atoms with van der Waals surface area (Å²) in [5, 5.41) is 9.54. The summed E-state index contributed by atoms with van der Waals surface area (Å²) >= 11 is 0. The smallest absolute Gasteiger partial charge is 0.390 e. The van der Waals surface area contributed by atoms with Crippen molar-refractivity contribution >= 4 is 31.7 Å². The zero-order chi connectivity index (χ0) is 18.8. The molecular weight excluding hydrogens is 420 g/mol. The third-order valence-corrected chi connectivity index (χ3v) is 7.56. The van der Waals surface area contributed by atoms with Crippen LogP contribution in [0.5, 0.6) is 0 Å². The molecule has 1 aliphatic rings. The molecule has 7 atom stereocenters. The van der Waals surface area contributed by atoms with Crippen molar-refractivity contribution in [2.24, 2.45) is 0 Å². The quantitative estimate of drug-likeness (QED) is 0.313. The van der Waals surface area contributed by atoms with Gasteiger partial charge in [0.1, 0.15) is 6.10 Å². The Bertz CT molecular complexity index is 604. The second kappa shape index (κ2) is 8.39. The lowest BCUT2D eigenvalue weighted by Gasteiger charge is -2.18. The number of ether oxygens (including phenoxy) is 1. The minimum absolute atomic E-state index is 0.233. The molecule has 1 aliphatic heterocycles. The van der Waals surface area contributed by atoms with Gasteiger partial charge < -0.3 is 19.6 Å². The van der Waals surface area contributed by atoms with E-state index >= 15 is 0 Å². The Kier molecular flexibility index (Phi) is 7.84. The molecule has 0 aromatic rings. The lowest BCUT2D eigenvalue weighted by molar-refractivity contribution is -0.0167. The molecule has 1 heterocycles. The van der Waals surface area contributed by atoms with Gasteiger partial charge in [-0.25, -0.2) is 13.7 Å². The summed E-state index contributed by atoms with van der Waals surface area (Å²) in [4.78, 5) is 35.5. The normalized spacial score (nSPS) is 32.6. The maximum Gasteiger partial charge on any atom is 0.705 e. The van der Waals surface area contributed by atoms with Gasteiger partial charge in [0.25, 0.3) is 0 Å². The first-order valence-electron chi connectivity index (χ1n) is 5.96. The first-order chi connectivity index (χ1) is 10.7. The number of hydrogen-bond donors (Lipinski definition) is 5. The minimum atomic E-state index is -5.70. The Hall–Kier alpha value is 0.390. The fourth-order valence-corrected chi connectivity index (χ4v) is 5.75. The van der Waals surface area contributed by atoms with Crippen molar-refractivity contribution in [3.8, 4) is 0 Å². The standard InChI is InChI=1S/C6H14O14P4/c1-4-2-5(7)6(17-4)3-16-22(10,11)19-24(14,15)20-23(12,13)18-21(8)9/h4-7H,2-3H2,1H3,(H3-,8,9,10,11,12,13,14,15)/p+1/t4-,5?,6+/m0/s1. The van der Waals surface area contributed by atoms with E-state index in [4.69, 9.17) is 19.4 Å². The first-order valence-corrected chi connectivity index (χ1v) is 11.6. The van der Waals surface area contributed by atoms with E-state index < -0.39 is 50.5 Å². The SMILES string of the molecule is C[C@H]1CC(O)[C@@H](COP(=O)(O)OP(=O)(O)OP(=O)(O)O[P+](=O)O)O1. The van der Waals surface area contributed by atoms with Gasteiger partial charge in [0.15, 0.2) is 0 Å². The van der Waals surface area contributed by atoms with Crippen molar-refractivity contribution in [3.05, 3.63) is 0 Å². The van der Waals surface area contributed by atoms with Crippen LogP contribution >= 0.6 is 31.7 Å². The van der Waals surface area contributed by atoms with E-state index in [1.54, 1.807) is 6.92 Å². The third-order valence-electron chi connectivity index (χ3n) is 2.40. The van der Waals surface area contributed by atoms with Crippen LogP contribution in [0.1, 0.15) is 13.3 Å². The largest absolute Gasteiger partial charge is 0.705 e. The summed E-state index contributed by atoms with van der Waals surface area (Å²) in [6, 6.07) is 0. The van der Waals surface area contributed by atoms with Crippen LogP contribution in [-0.4, -0.2) is 49.6 Å². The molecule has 0 aliphatic carbocycles. The minimum Gasteiger partial charge on any atom is -0.390 e. The highest BCUT2D eigenvalue weighted by Gasteiger charge is 2.47. The van der Waals surface area contributed by atoms with Crippen LogP contribution in [0.25, 0.3) is 0 Å². The van der Waals surface area contributed by atoms with Crippen LogP contribution in [0.15, 0.2) is 0 Å². The fraction of sp³-hybridized carbons (Fsp3) is 1.00. The number of phosphoric acid groups is 3. The summed E-state index contributed by atoms with van der Waals surface area (Å²) in [6.45, 7) is 0.924. The number of hydrogen-bond acceptors (Lipinski definition) is 10. The number of phosphoric ester groups is 1. The number of aliphatic hydroxyl groups excluding tert-OH is 1. The lowest BCUT2D eigenvalue weighted by Crippen LogP contribution is -2.26. The predicted molar refractivity (Wildman–Crippen MR) is 73.5 cm³/mol. The number of rotatable bonds is 9. The number of aliphatic hydroxyl groups is 1. The van der Waals surface area contributed by atoms with E-state index in [9.17, 15) is 28.3 Å². The van der Waals surface area contributed by atoms with Gasteiger partial charge in [0.2, 0.25) is 0 Å². The van der Waals surface area contributed by atoms with Crippen LogP contribution in [0, 0.1) is 0 Å². The maximum absolute atomic E-state index is 11.5. The Labute approximate surface area is 136 Å². The van der Waals surface area contributed by atoms with E-state index in [1.165, 1.54) is 0 Å². The molecule has 0 aromatic heterocycles. The van der Waals surface area contributed by atoms with Crippen molar-refractivity contribution in [3.63, 3.8) is 0 Å². The molecular formula is C6H15O14P4+. The average molecular weight is 435 g/mol. The Morgan fingerprint density at radius 1 is 1.12 bits per heavy atom. The molecule has 0 aromatic carbocycles. The molecule has 0 radical (unpaired) electrons. The van der Waals surface area contributed by atoms with Gasteiger partial charge in [-0.1, -0.05) is 0 Å². The molecule has 0 spiro atoms. The predicted octanol–water partition coefficient (Wildman–Crippen LogP) is 0.542. The molecule has 5 unspecified atom stereocenters. The van der Waals surface area contributed by atoms with E-state index in [2.05, 4.69) is 17.5 Å². The molecule has 14 nitrogen and oxygen atoms in total. The molecule has 1 saturated heterocycles. The second-order valence-electron chi connectivity index (χ2n) is 4.47. The van der Waals surface area contributed by atoms with Crippen molar-refractivity contribution in [1.82, 2.24) is 0 Å². The van der Waals surface area contributed by atoms with E-state index in [0.717, 1.165) is 0 Å².